The maximum atomic E-state index is 5.63. The Kier molecular flexibility index (Phi) is 6.11. The number of hydrogen-bond donors (Lipinski definition) is 1. The summed E-state index contributed by atoms with van der Waals surface area (Å²) in [6, 6.07) is 8.48. The molecule has 4 heteroatoms. The van der Waals surface area contributed by atoms with Crippen molar-refractivity contribution in [3.8, 4) is 0 Å². The van der Waals surface area contributed by atoms with Crippen LogP contribution in [0.1, 0.15) is 24.1 Å². The van der Waals surface area contributed by atoms with E-state index in [9.17, 15) is 0 Å². The smallest absolute Gasteiger partial charge is 0.0923 e. The monoisotopic (exact) mass is 322 g/mol. The van der Waals surface area contributed by atoms with Crippen LogP contribution in [0.2, 0.25) is 0 Å². The molecule has 1 N–H and O–H groups in total. The van der Waals surface area contributed by atoms with Gasteiger partial charge in [-0.2, -0.15) is 0 Å². The highest BCUT2D eigenvalue weighted by atomic mass is 79.9. The number of hydrogen-bond acceptors (Lipinski definition) is 2. The molecule has 2 aromatic rings. The molecule has 0 radical (unpaired) electrons. The minimum atomic E-state index is 0.813. The van der Waals surface area contributed by atoms with Crippen molar-refractivity contribution in [2.75, 3.05) is 13.2 Å². The molecule has 0 bridgehead atoms. The van der Waals surface area contributed by atoms with Gasteiger partial charge in [0.05, 0.1) is 12.0 Å². The molecule has 0 amide bonds. The molecule has 0 aliphatic carbocycles. The number of halogens is 1. The summed E-state index contributed by atoms with van der Waals surface area (Å²) in [5.74, 6) is 0. The molecule has 0 atom stereocenters. The topological polar surface area (TPSA) is 37.9 Å². The van der Waals surface area contributed by atoms with E-state index in [4.69, 9.17) is 4.74 Å². The Labute approximate surface area is 122 Å². The number of aromatic nitrogens is 2. The molecule has 0 fully saturated rings. The summed E-state index contributed by atoms with van der Waals surface area (Å²) in [6.45, 7) is 1.64. The molecule has 1 heterocycles. The van der Waals surface area contributed by atoms with Gasteiger partial charge in [0.15, 0.2) is 0 Å². The highest BCUT2D eigenvalue weighted by molar-refractivity contribution is 9.10. The van der Waals surface area contributed by atoms with Gasteiger partial charge in [-0.1, -0.05) is 28.1 Å². The molecule has 19 heavy (non-hydrogen) atoms. The van der Waals surface area contributed by atoms with E-state index in [0.29, 0.717) is 0 Å². The third-order valence-corrected chi connectivity index (χ3v) is 3.47. The maximum absolute atomic E-state index is 5.63. The van der Waals surface area contributed by atoms with E-state index in [1.165, 1.54) is 5.56 Å². The second-order valence-corrected chi connectivity index (χ2v) is 5.42. The fourth-order valence-electron chi connectivity index (χ4n) is 1.91. The van der Waals surface area contributed by atoms with Crippen LogP contribution in [0, 0.1) is 0 Å². The van der Waals surface area contributed by atoms with Crippen molar-refractivity contribution >= 4 is 15.9 Å². The van der Waals surface area contributed by atoms with Crippen molar-refractivity contribution in [1.82, 2.24) is 9.97 Å². The lowest BCUT2D eigenvalue weighted by molar-refractivity contribution is 0.129. The fraction of sp³-hybridized carbons (Fsp3) is 0.400. The van der Waals surface area contributed by atoms with E-state index in [1.807, 2.05) is 6.20 Å². The van der Waals surface area contributed by atoms with E-state index >= 15 is 0 Å². The van der Waals surface area contributed by atoms with Gasteiger partial charge >= 0.3 is 0 Å². The summed E-state index contributed by atoms with van der Waals surface area (Å²) in [5.41, 5.74) is 2.47. The van der Waals surface area contributed by atoms with Crippen LogP contribution >= 0.6 is 15.9 Å². The normalized spacial score (nSPS) is 10.8. The molecule has 0 aliphatic rings. The summed E-state index contributed by atoms with van der Waals surface area (Å²) in [6.07, 6.45) is 7.82. The molecule has 0 spiro atoms. The lowest BCUT2D eigenvalue weighted by Crippen LogP contribution is -2.00. The maximum Gasteiger partial charge on any atom is 0.0923 e. The van der Waals surface area contributed by atoms with Crippen molar-refractivity contribution in [2.45, 2.75) is 25.7 Å². The van der Waals surface area contributed by atoms with Crippen molar-refractivity contribution in [1.29, 1.82) is 0 Å². The highest BCUT2D eigenvalue weighted by Crippen LogP contribution is 2.11. The van der Waals surface area contributed by atoms with Gasteiger partial charge in [-0.3, -0.25) is 0 Å². The summed E-state index contributed by atoms with van der Waals surface area (Å²) >= 11 is 3.44. The van der Waals surface area contributed by atoms with Crippen molar-refractivity contribution < 1.29 is 4.74 Å². The van der Waals surface area contributed by atoms with E-state index in [-0.39, 0.29) is 0 Å². The molecule has 1 aromatic carbocycles. The quantitative estimate of drug-likeness (QED) is 0.751. The first-order valence-electron chi connectivity index (χ1n) is 6.64. The minimum absolute atomic E-state index is 0.813. The average molecular weight is 323 g/mol. The van der Waals surface area contributed by atoms with Crippen LogP contribution in [0.25, 0.3) is 0 Å². The SMILES string of the molecule is Brc1ccc(CCCOCCCc2c[nH]cn2)cc1. The number of nitrogens with zero attached hydrogens (tertiary/aromatic N) is 1. The van der Waals surface area contributed by atoms with Gasteiger partial charge in [-0.15, -0.1) is 0 Å². The van der Waals surface area contributed by atoms with E-state index in [1.54, 1.807) is 6.33 Å². The van der Waals surface area contributed by atoms with Gasteiger partial charge in [0.25, 0.3) is 0 Å². The number of rotatable bonds is 8. The number of aryl methyl sites for hydroxylation is 2. The number of nitrogens with one attached hydrogen (secondary N) is 1. The Hall–Kier alpha value is -1.13. The predicted octanol–water partition coefficient (Wildman–Crippen LogP) is 3.75. The van der Waals surface area contributed by atoms with Crippen LogP contribution in [0.3, 0.4) is 0 Å². The van der Waals surface area contributed by atoms with Crippen molar-refractivity contribution in [3.63, 3.8) is 0 Å². The highest BCUT2D eigenvalue weighted by Gasteiger charge is 1.96. The zero-order chi connectivity index (χ0) is 13.3. The van der Waals surface area contributed by atoms with Crippen LogP contribution in [0.15, 0.2) is 41.3 Å². The van der Waals surface area contributed by atoms with Gasteiger partial charge in [0.2, 0.25) is 0 Å². The molecule has 0 aliphatic heterocycles. The third-order valence-electron chi connectivity index (χ3n) is 2.94. The molecule has 3 nitrogen and oxygen atoms in total. The lowest BCUT2D eigenvalue weighted by Gasteiger charge is -2.04. The zero-order valence-corrected chi connectivity index (χ0v) is 12.5. The summed E-state index contributed by atoms with van der Waals surface area (Å²) in [4.78, 5) is 7.14. The molecular weight excluding hydrogens is 304 g/mol. The summed E-state index contributed by atoms with van der Waals surface area (Å²) in [7, 11) is 0. The van der Waals surface area contributed by atoms with Gasteiger partial charge in [-0.05, 0) is 43.4 Å². The van der Waals surface area contributed by atoms with Crippen LogP contribution in [0.4, 0.5) is 0 Å². The third kappa shape index (κ3) is 5.57. The largest absolute Gasteiger partial charge is 0.381 e. The summed E-state index contributed by atoms with van der Waals surface area (Å²) < 4.78 is 6.76. The van der Waals surface area contributed by atoms with Crippen molar-refractivity contribution in [2.24, 2.45) is 0 Å². The molecular formula is C15H19BrN2O. The number of benzene rings is 1. The predicted molar refractivity (Wildman–Crippen MR) is 80.2 cm³/mol. The van der Waals surface area contributed by atoms with Crippen LogP contribution < -0.4 is 0 Å². The fourth-order valence-corrected chi connectivity index (χ4v) is 2.18. The number of ether oxygens (including phenoxy) is 1. The Balaban J connectivity index is 1.49. The first kappa shape index (κ1) is 14.3. The summed E-state index contributed by atoms with van der Waals surface area (Å²) in [5, 5.41) is 0. The standard InChI is InChI=1S/C15H19BrN2O/c16-14-7-5-13(6-8-14)3-1-9-19-10-2-4-15-11-17-12-18-15/h5-8,11-12H,1-4,9-10H2,(H,17,18). The van der Waals surface area contributed by atoms with Gasteiger partial charge < -0.3 is 9.72 Å². The van der Waals surface area contributed by atoms with Crippen LogP contribution in [-0.2, 0) is 17.6 Å². The first-order chi connectivity index (χ1) is 9.34. The van der Waals surface area contributed by atoms with Crippen molar-refractivity contribution in [3.05, 3.63) is 52.5 Å². The Morgan fingerprint density at radius 1 is 1.05 bits per heavy atom. The molecule has 1 aromatic heterocycles. The first-order valence-corrected chi connectivity index (χ1v) is 7.44. The van der Waals surface area contributed by atoms with Gasteiger partial charge in [0, 0.05) is 23.9 Å². The van der Waals surface area contributed by atoms with E-state index in [0.717, 1.165) is 49.1 Å². The van der Waals surface area contributed by atoms with Crippen LogP contribution in [-0.4, -0.2) is 23.2 Å². The Bertz CT molecular complexity index is 454. The molecule has 0 saturated heterocycles. The molecule has 0 saturated carbocycles. The molecule has 2 rings (SSSR count). The van der Waals surface area contributed by atoms with Gasteiger partial charge in [-0.25, -0.2) is 4.98 Å². The van der Waals surface area contributed by atoms with E-state index in [2.05, 4.69) is 50.2 Å². The molecule has 102 valence electrons. The zero-order valence-electron chi connectivity index (χ0n) is 10.9. The van der Waals surface area contributed by atoms with E-state index < -0.39 is 0 Å². The van der Waals surface area contributed by atoms with Gasteiger partial charge in [0.1, 0.15) is 0 Å². The lowest BCUT2D eigenvalue weighted by atomic mass is 10.1. The average Bonchev–Trinajstić information content (AvgIpc) is 2.93. The number of imidazole rings is 1. The number of H-pyrrole nitrogens is 1. The van der Waals surface area contributed by atoms with Crippen LogP contribution in [0.5, 0.6) is 0 Å². The molecule has 0 unspecified atom stereocenters. The Morgan fingerprint density at radius 3 is 2.47 bits per heavy atom. The minimum Gasteiger partial charge on any atom is -0.381 e. The second-order valence-electron chi connectivity index (χ2n) is 4.51. The second kappa shape index (κ2) is 8.12. The Morgan fingerprint density at radius 2 is 1.79 bits per heavy atom. The number of aromatic amines is 1.